The Morgan fingerprint density at radius 1 is 1.32 bits per heavy atom. The molecule has 0 radical (unpaired) electrons. The Balaban J connectivity index is 2.82. The zero-order chi connectivity index (χ0) is 14.5. The zero-order valence-electron chi connectivity index (χ0n) is 13.9. The Morgan fingerprint density at radius 2 is 1.95 bits per heavy atom. The van der Waals surface area contributed by atoms with Gasteiger partial charge in [0.05, 0.1) is 0 Å². The number of allylic oxidation sites excluding steroid dienone is 1. The van der Waals surface area contributed by atoms with Crippen LogP contribution in [-0.2, 0) is 0 Å². The fraction of sp³-hybridized carbons (Fsp3) is 0.882. The van der Waals surface area contributed by atoms with E-state index >= 15 is 0 Å². The molecule has 0 amide bonds. The van der Waals surface area contributed by atoms with Crippen LogP contribution in [0.2, 0.25) is 0 Å². The van der Waals surface area contributed by atoms with E-state index in [0.29, 0.717) is 11.6 Å². The SMILES string of the molecule is CCC(C)C1CNC(CC)(CC)CN1CC=C(C)C. The molecule has 1 saturated heterocycles. The average molecular weight is 266 g/mol. The molecule has 0 aliphatic carbocycles. The highest BCUT2D eigenvalue weighted by atomic mass is 15.3. The van der Waals surface area contributed by atoms with Gasteiger partial charge in [-0.3, -0.25) is 4.90 Å². The minimum atomic E-state index is 0.333. The van der Waals surface area contributed by atoms with Crippen molar-refractivity contribution in [1.82, 2.24) is 10.2 Å². The topological polar surface area (TPSA) is 15.3 Å². The molecule has 0 bridgehead atoms. The molecule has 0 aromatic heterocycles. The molecule has 1 N–H and O–H groups in total. The molecule has 2 heteroatoms. The van der Waals surface area contributed by atoms with Crippen molar-refractivity contribution in [3.8, 4) is 0 Å². The molecule has 0 aromatic carbocycles. The van der Waals surface area contributed by atoms with Gasteiger partial charge < -0.3 is 5.32 Å². The number of nitrogens with zero attached hydrogens (tertiary/aromatic N) is 1. The van der Waals surface area contributed by atoms with Crippen LogP contribution in [0.3, 0.4) is 0 Å². The first-order chi connectivity index (χ1) is 8.98. The van der Waals surface area contributed by atoms with Crippen molar-refractivity contribution in [2.75, 3.05) is 19.6 Å². The molecule has 0 saturated carbocycles. The summed E-state index contributed by atoms with van der Waals surface area (Å²) in [6, 6.07) is 0.687. The highest BCUT2D eigenvalue weighted by Crippen LogP contribution is 2.26. The van der Waals surface area contributed by atoms with E-state index in [1.165, 1.54) is 31.4 Å². The first-order valence-electron chi connectivity index (χ1n) is 8.10. The number of piperazine rings is 1. The Labute approximate surface area is 120 Å². The van der Waals surface area contributed by atoms with Crippen molar-refractivity contribution in [1.29, 1.82) is 0 Å². The van der Waals surface area contributed by atoms with Crippen LogP contribution in [0, 0.1) is 5.92 Å². The van der Waals surface area contributed by atoms with E-state index in [9.17, 15) is 0 Å². The Bertz CT molecular complexity index is 288. The molecule has 1 aliphatic heterocycles. The second-order valence-electron chi connectivity index (χ2n) is 6.53. The Hall–Kier alpha value is -0.340. The Kier molecular flexibility index (Phi) is 6.55. The van der Waals surface area contributed by atoms with Gasteiger partial charge in [0.15, 0.2) is 0 Å². The smallest absolute Gasteiger partial charge is 0.0304 e. The van der Waals surface area contributed by atoms with Gasteiger partial charge in [-0.05, 0) is 32.6 Å². The fourth-order valence-electron chi connectivity index (χ4n) is 3.07. The van der Waals surface area contributed by atoms with E-state index in [1.807, 2.05) is 0 Å². The summed E-state index contributed by atoms with van der Waals surface area (Å²) in [4.78, 5) is 2.71. The molecule has 2 unspecified atom stereocenters. The van der Waals surface area contributed by atoms with E-state index in [4.69, 9.17) is 0 Å². The van der Waals surface area contributed by atoms with E-state index in [-0.39, 0.29) is 0 Å². The second-order valence-corrected chi connectivity index (χ2v) is 6.53. The minimum absolute atomic E-state index is 0.333. The van der Waals surface area contributed by atoms with Gasteiger partial charge in [-0.15, -0.1) is 0 Å². The van der Waals surface area contributed by atoms with Gasteiger partial charge in [0.25, 0.3) is 0 Å². The standard InChI is InChI=1S/C17H34N2/c1-7-15(6)16-12-18-17(8-2,9-3)13-19(16)11-10-14(4)5/h10,15-16,18H,7-9,11-13H2,1-6H3. The van der Waals surface area contributed by atoms with E-state index in [0.717, 1.165) is 19.0 Å². The molecule has 19 heavy (non-hydrogen) atoms. The van der Waals surface area contributed by atoms with Crippen LogP contribution in [0.4, 0.5) is 0 Å². The van der Waals surface area contributed by atoms with Gasteiger partial charge in [-0.2, -0.15) is 0 Å². The lowest BCUT2D eigenvalue weighted by molar-refractivity contribution is 0.0549. The highest BCUT2D eigenvalue weighted by Gasteiger charge is 2.37. The predicted molar refractivity (Wildman–Crippen MR) is 85.6 cm³/mol. The van der Waals surface area contributed by atoms with Gasteiger partial charge in [0, 0.05) is 31.2 Å². The van der Waals surface area contributed by atoms with Gasteiger partial charge in [0.2, 0.25) is 0 Å². The third kappa shape index (κ3) is 4.32. The molecular weight excluding hydrogens is 232 g/mol. The summed E-state index contributed by atoms with van der Waals surface area (Å²) < 4.78 is 0. The van der Waals surface area contributed by atoms with Crippen LogP contribution in [0.5, 0.6) is 0 Å². The van der Waals surface area contributed by atoms with Gasteiger partial charge in [-0.25, -0.2) is 0 Å². The summed E-state index contributed by atoms with van der Waals surface area (Å²) in [7, 11) is 0. The molecule has 1 fully saturated rings. The maximum absolute atomic E-state index is 3.85. The minimum Gasteiger partial charge on any atom is -0.308 e. The van der Waals surface area contributed by atoms with Crippen molar-refractivity contribution < 1.29 is 0 Å². The third-order valence-electron chi connectivity index (χ3n) is 5.05. The van der Waals surface area contributed by atoms with Crippen molar-refractivity contribution in [3.63, 3.8) is 0 Å². The molecule has 1 rings (SSSR count). The lowest BCUT2D eigenvalue weighted by atomic mass is 9.85. The molecular formula is C17H34N2. The van der Waals surface area contributed by atoms with Gasteiger partial charge in [-0.1, -0.05) is 45.8 Å². The number of rotatable bonds is 6. The third-order valence-corrected chi connectivity index (χ3v) is 5.05. The van der Waals surface area contributed by atoms with E-state index in [1.54, 1.807) is 0 Å². The van der Waals surface area contributed by atoms with Crippen molar-refractivity contribution in [2.45, 2.75) is 72.4 Å². The van der Waals surface area contributed by atoms with Crippen molar-refractivity contribution in [2.24, 2.45) is 5.92 Å². The van der Waals surface area contributed by atoms with Crippen LogP contribution >= 0.6 is 0 Å². The first-order valence-corrected chi connectivity index (χ1v) is 8.10. The molecule has 112 valence electrons. The summed E-state index contributed by atoms with van der Waals surface area (Å²) in [6.45, 7) is 17.2. The van der Waals surface area contributed by atoms with E-state index in [2.05, 4.69) is 57.8 Å². The summed E-state index contributed by atoms with van der Waals surface area (Å²) in [5.41, 5.74) is 1.76. The van der Waals surface area contributed by atoms with Crippen LogP contribution in [0.1, 0.15) is 60.8 Å². The summed E-state index contributed by atoms with van der Waals surface area (Å²) in [5.74, 6) is 0.768. The van der Waals surface area contributed by atoms with Crippen molar-refractivity contribution in [3.05, 3.63) is 11.6 Å². The number of hydrogen-bond donors (Lipinski definition) is 1. The lowest BCUT2D eigenvalue weighted by Gasteiger charge is -2.49. The van der Waals surface area contributed by atoms with Gasteiger partial charge >= 0.3 is 0 Å². The normalized spacial score (nSPS) is 25.1. The number of hydrogen-bond acceptors (Lipinski definition) is 2. The van der Waals surface area contributed by atoms with Crippen LogP contribution in [-0.4, -0.2) is 36.1 Å². The Morgan fingerprint density at radius 3 is 2.42 bits per heavy atom. The van der Waals surface area contributed by atoms with Crippen LogP contribution in [0.25, 0.3) is 0 Å². The summed E-state index contributed by atoms with van der Waals surface area (Å²) >= 11 is 0. The van der Waals surface area contributed by atoms with Crippen LogP contribution < -0.4 is 5.32 Å². The quantitative estimate of drug-likeness (QED) is 0.735. The monoisotopic (exact) mass is 266 g/mol. The molecule has 0 aromatic rings. The van der Waals surface area contributed by atoms with Gasteiger partial charge in [0.1, 0.15) is 0 Å². The molecule has 1 heterocycles. The maximum atomic E-state index is 3.85. The second kappa shape index (κ2) is 7.44. The highest BCUT2D eigenvalue weighted by molar-refractivity contribution is 5.02. The summed E-state index contributed by atoms with van der Waals surface area (Å²) in [6.07, 6.45) is 6.10. The fourth-order valence-corrected chi connectivity index (χ4v) is 3.07. The molecule has 2 atom stereocenters. The maximum Gasteiger partial charge on any atom is 0.0304 e. The first kappa shape index (κ1) is 16.7. The number of nitrogens with one attached hydrogen (secondary N) is 1. The largest absolute Gasteiger partial charge is 0.308 e. The summed E-state index contributed by atoms with van der Waals surface area (Å²) in [5, 5.41) is 3.85. The molecule has 2 nitrogen and oxygen atoms in total. The van der Waals surface area contributed by atoms with Crippen LogP contribution in [0.15, 0.2) is 11.6 Å². The molecule has 0 spiro atoms. The lowest BCUT2D eigenvalue weighted by Crippen LogP contribution is -2.65. The average Bonchev–Trinajstić information content (AvgIpc) is 2.43. The van der Waals surface area contributed by atoms with E-state index < -0.39 is 0 Å². The molecule has 1 aliphatic rings. The van der Waals surface area contributed by atoms with Crippen molar-refractivity contribution >= 4 is 0 Å². The predicted octanol–water partition coefficient (Wildman–Crippen LogP) is 3.83. The zero-order valence-corrected chi connectivity index (χ0v) is 13.9.